The van der Waals surface area contributed by atoms with E-state index in [0.717, 1.165) is 48.6 Å². The van der Waals surface area contributed by atoms with Gasteiger partial charge in [0.15, 0.2) is 5.82 Å². The normalized spacial score (nSPS) is 17.9. The van der Waals surface area contributed by atoms with Gasteiger partial charge in [0.1, 0.15) is 11.6 Å². The lowest BCUT2D eigenvalue weighted by Gasteiger charge is -2.20. The molecule has 0 saturated carbocycles. The SMILES string of the molecule is COc1ccc(C)cc1N1C[C@@H](C(=O)Nc2cccc(-c3nnc4n3CCCCC4)c2)CC1=O. The Bertz CT molecular complexity index is 1230. The molecule has 0 bridgehead atoms. The van der Waals surface area contributed by atoms with Crippen LogP contribution in [0.25, 0.3) is 11.4 Å². The standard InChI is InChI=1S/C26H29N5O3/c1-17-10-11-22(34-2)21(13-17)31-16-19(15-24(31)32)26(33)27-20-8-6-7-18(14-20)25-29-28-23-9-4-3-5-12-30(23)25/h6-8,10-11,13-14,19H,3-5,9,12,15-16H2,1-2H3,(H,27,33)/t19-/m0/s1. The van der Waals surface area contributed by atoms with Crippen LogP contribution in [0.15, 0.2) is 42.5 Å². The smallest absolute Gasteiger partial charge is 0.229 e. The molecule has 3 aromatic rings. The maximum atomic E-state index is 13.1. The van der Waals surface area contributed by atoms with E-state index in [1.165, 1.54) is 6.42 Å². The minimum absolute atomic E-state index is 0.0797. The number of anilines is 2. The molecule has 176 valence electrons. The average molecular weight is 460 g/mol. The van der Waals surface area contributed by atoms with Gasteiger partial charge in [-0.05, 0) is 49.6 Å². The number of nitrogens with zero attached hydrogens (tertiary/aromatic N) is 4. The monoisotopic (exact) mass is 459 g/mol. The third-order valence-corrected chi connectivity index (χ3v) is 6.62. The van der Waals surface area contributed by atoms with Gasteiger partial charge in [-0.15, -0.1) is 10.2 Å². The minimum Gasteiger partial charge on any atom is -0.495 e. The van der Waals surface area contributed by atoms with Gasteiger partial charge in [0.05, 0.1) is 18.7 Å². The first-order chi connectivity index (χ1) is 16.5. The van der Waals surface area contributed by atoms with Crippen molar-refractivity contribution in [2.75, 3.05) is 23.9 Å². The van der Waals surface area contributed by atoms with Gasteiger partial charge < -0.3 is 19.5 Å². The number of aromatic nitrogens is 3. The van der Waals surface area contributed by atoms with Crippen molar-refractivity contribution in [2.24, 2.45) is 5.92 Å². The van der Waals surface area contributed by atoms with Crippen molar-refractivity contribution in [1.82, 2.24) is 14.8 Å². The number of nitrogens with one attached hydrogen (secondary N) is 1. The molecule has 0 aliphatic carbocycles. The predicted octanol–water partition coefficient (Wildman–Crippen LogP) is 3.98. The number of benzene rings is 2. The number of aryl methyl sites for hydroxylation is 2. The van der Waals surface area contributed by atoms with Gasteiger partial charge in [-0.2, -0.15) is 0 Å². The van der Waals surface area contributed by atoms with Crippen LogP contribution in [0.4, 0.5) is 11.4 Å². The van der Waals surface area contributed by atoms with Crippen LogP contribution in [0.5, 0.6) is 5.75 Å². The summed E-state index contributed by atoms with van der Waals surface area (Å²) < 4.78 is 7.63. The molecule has 34 heavy (non-hydrogen) atoms. The van der Waals surface area contributed by atoms with Gasteiger partial charge in [0.25, 0.3) is 0 Å². The van der Waals surface area contributed by atoms with Gasteiger partial charge in [0.2, 0.25) is 11.8 Å². The summed E-state index contributed by atoms with van der Waals surface area (Å²) in [6.45, 7) is 3.20. The summed E-state index contributed by atoms with van der Waals surface area (Å²) in [6.07, 6.45) is 4.57. The molecule has 3 heterocycles. The summed E-state index contributed by atoms with van der Waals surface area (Å²) in [4.78, 5) is 27.5. The number of rotatable bonds is 5. The lowest BCUT2D eigenvalue weighted by molar-refractivity contribution is -0.122. The number of hydrogen-bond donors (Lipinski definition) is 1. The van der Waals surface area contributed by atoms with Crippen LogP contribution in [0.2, 0.25) is 0 Å². The summed E-state index contributed by atoms with van der Waals surface area (Å²) >= 11 is 0. The molecule has 1 atom stereocenters. The number of ether oxygens (including phenoxy) is 1. The van der Waals surface area contributed by atoms with E-state index >= 15 is 0 Å². The van der Waals surface area contributed by atoms with Gasteiger partial charge in [-0.3, -0.25) is 9.59 Å². The van der Waals surface area contributed by atoms with Gasteiger partial charge >= 0.3 is 0 Å². The fraction of sp³-hybridized carbons (Fsp3) is 0.385. The van der Waals surface area contributed by atoms with Crippen molar-refractivity contribution >= 4 is 23.2 Å². The molecule has 8 nitrogen and oxygen atoms in total. The first-order valence-electron chi connectivity index (χ1n) is 11.8. The quantitative estimate of drug-likeness (QED) is 0.623. The highest BCUT2D eigenvalue weighted by molar-refractivity contribution is 6.04. The van der Waals surface area contributed by atoms with Gasteiger partial charge in [0, 0.05) is 37.2 Å². The van der Waals surface area contributed by atoms with Crippen molar-refractivity contribution in [3.8, 4) is 17.1 Å². The summed E-state index contributed by atoms with van der Waals surface area (Å²) in [7, 11) is 1.58. The van der Waals surface area contributed by atoms with E-state index in [9.17, 15) is 9.59 Å². The third kappa shape index (κ3) is 4.27. The Labute approximate surface area is 198 Å². The second-order valence-corrected chi connectivity index (χ2v) is 9.05. The van der Waals surface area contributed by atoms with E-state index in [0.29, 0.717) is 23.7 Å². The topological polar surface area (TPSA) is 89.3 Å². The van der Waals surface area contributed by atoms with E-state index in [1.54, 1.807) is 12.0 Å². The minimum atomic E-state index is -0.439. The summed E-state index contributed by atoms with van der Waals surface area (Å²) in [5.41, 5.74) is 3.34. The van der Waals surface area contributed by atoms with Gasteiger partial charge in [-0.25, -0.2) is 0 Å². The highest BCUT2D eigenvalue weighted by atomic mass is 16.5. The number of fused-ring (bicyclic) bond motifs is 1. The molecule has 2 aliphatic rings. The average Bonchev–Trinajstić information content (AvgIpc) is 3.34. The zero-order valence-electron chi connectivity index (χ0n) is 19.6. The van der Waals surface area contributed by atoms with Crippen LogP contribution in [0, 0.1) is 12.8 Å². The van der Waals surface area contributed by atoms with Crippen molar-refractivity contribution in [2.45, 2.75) is 45.6 Å². The molecule has 8 heteroatoms. The summed E-state index contributed by atoms with van der Waals surface area (Å²) in [5, 5.41) is 11.8. The largest absolute Gasteiger partial charge is 0.495 e. The molecular weight excluding hydrogens is 430 g/mol. The molecule has 1 N–H and O–H groups in total. The predicted molar refractivity (Wildman–Crippen MR) is 130 cm³/mol. The van der Waals surface area contributed by atoms with Crippen LogP contribution in [-0.2, 0) is 22.6 Å². The number of hydrogen-bond acceptors (Lipinski definition) is 5. The molecule has 0 unspecified atom stereocenters. The Kier molecular flexibility index (Phi) is 6.04. The zero-order chi connectivity index (χ0) is 23.7. The van der Waals surface area contributed by atoms with Crippen LogP contribution < -0.4 is 15.0 Å². The fourth-order valence-corrected chi connectivity index (χ4v) is 4.81. The van der Waals surface area contributed by atoms with Crippen LogP contribution in [-0.4, -0.2) is 40.2 Å². The second kappa shape index (κ2) is 9.29. The summed E-state index contributed by atoms with van der Waals surface area (Å²) in [5.74, 6) is 1.80. The molecule has 2 aromatic carbocycles. The molecule has 1 saturated heterocycles. The van der Waals surface area contributed by atoms with Crippen molar-refractivity contribution in [3.63, 3.8) is 0 Å². The Morgan fingerprint density at radius 3 is 2.85 bits per heavy atom. The molecule has 1 aromatic heterocycles. The van der Waals surface area contributed by atoms with E-state index in [1.807, 2.05) is 49.4 Å². The Hall–Kier alpha value is -3.68. The van der Waals surface area contributed by atoms with Crippen LogP contribution >= 0.6 is 0 Å². The maximum absolute atomic E-state index is 13.1. The van der Waals surface area contributed by atoms with E-state index in [2.05, 4.69) is 20.1 Å². The number of amides is 2. The first-order valence-corrected chi connectivity index (χ1v) is 11.8. The molecule has 2 aliphatic heterocycles. The Morgan fingerprint density at radius 2 is 2.00 bits per heavy atom. The van der Waals surface area contributed by atoms with Crippen molar-refractivity contribution < 1.29 is 14.3 Å². The number of carbonyl (C=O) groups is 2. The fourth-order valence-electron chi connectivity index (χ4n) is 4.81. The highest BCUT2D eigenvalue weighted by Crippen LogP contribution is 2.34. The lowest BCUT2D eigenvalue weighted by atomic mass is 10.1. The number of carbonyl (C=O) groups excluding carboxylic acids is 2. The second-order valence-electron chi connectivity index (χ2n) is 9.05. The Balaban J connectivity index is 1.32. The summed E-state index contributed by atoms with van der Waals surface area (Å²) in [6, 6.07) is 13.4. The zero-order valence-corrected chi connectivity index (χ0v) is 19.6. The molecule has 0 spiro atoms. The number of methoxy groups -OCH3 is 1. The molecule has 0 radical (unpaired) electrons. The van der Waals surface area contributed by atoms with E-state index < -0.39 is 5.92 Å². The van der Waals surface area contributed by atoms with Crippen LogP contribution in [0.3, 0.4) is 0 Å². The third-order valence-electron chi connectivity index (χ3n) is 6.62. The maximum Gasteiger partial charge on any atom is 0.229 e. The van der Waals surface area contributed by atoms with E-state index in [-0.39, 0.29) is 18.2 Å². The molecule has 5 rings (SSSR count). The van der Waals surface area contributed by atoms with E-state index in [4.69, 9.17) is 4.74 Å². The van der Waals surface area contributed by atoms with Crippen molar-refractivity contribution in [1.29, 1.82) is 0 Å². The van der Waals surface area contributed by atoms with Gasteiger partial charge in [-0.1, -0.05) is 24.6 Å². The molecular formula is C26H29N5O3. The Morgan fingerprint density at radius 1 is 1.12 bits per heavy atom. The van der Waals surface area contributed by atoms with Crippen LogP contribution in [0.1, 0.15) is 37.1 Å². The van der Waals surface area contributed by atoms with Crippen molar-refractivity contribution in [3.05, 3.63) is 53.9 Å². The molecule has 2 amide bonds. The lowest BCUT2D eigenvalue weighted by Crippen LogP contribution is -2.28. The molecule has 1 fully saturated rings. The highest BCUT2D eigenvalue weighted by Gasteiger charge is 2.36. The first kappa shape index (κ1) is 22.1.